The van der Waals surface area contributed by atoms with Crippen LogP contribution in [0.5, 0.6) is 0 Å². The van der Waals surface area contributed by atoms with Gasteiger partial charge in [0.25, 0.3) is 0 Å². The molecule has 0 aromatic heterocycles. The molecule has 1 fully saturated rings. The zero-order valence-corrected chi connectivity index (χ0v) is 10.6. The van der Waals surface area contributed by atoms with Gasteiger partial charge in [0.15, 0.2) is 0 Å². The zero-order valence-electron chi connectivity index (χ0n) is 10.6. The molecule has 0 aliphatic carbocycles. The van der Waals surface area contributed by atoms with Crippen LogP contribution in [0.1, 0.15) is 26.2 Å². The second kappa shape index (κ2) is 7.20. The molecule has 1 atom stereocenters. The zero-order chi connectivity index (χ0) is 11.1. The van der Waals surface area contributed by atoms with Crippen molar-refractivity contribution in [3.63, 3.8) is 0 Å². The lowest BCUT2D eigenvalue weighted by Crippen LogP contribution is -2.44. The Kier molecular flexibility index (Phi) is 6.22. The molecule has 3 heteroatoms. The van der Waals surface area contributed by atoms with Gasteiger partial charge in [0, 0.05) is 25.7 Å². The van der Waals surface area contributed by atoms with E-state index in [2.05, 4.69) is 36.1 Å². The predicted molar refractivity (Wildman–Crippen MR) is 66.3 cm³/mol. The molecular formula is C12H27N3. The summed E-state index contributed by atoms with van der Waals surface area (Å²) in [5.41, 5.74) is 0. The van der Waals surface area contributed by atoms with E-state index in [9.17, 15) is 0 Å². The van der Waals surface area contributed by atoms with Gasteiger partial charge in [0.1, 0.15) is 0 Å². The van der Waals surface area contributed by atoms with Crippen molar-refractivity contribution >= 4 is 0 Å². The van der Waals surface area contributed by atoms with Crippen LogP contribution in [-0.2, 0) is 0 Å². The number of nitrogens with one attached hydrogen (secondary N) is 1. The SMILES string of the molecule is CC(CNCCN(C)C)N1CCCCC1. The highest BCUT2D eigenvalue weighted by Gasteiger charge is 2.15. The van der Waals surface area contributed by atoms with Crippen LogP contribution in [0.4, 0.5) is 0 Å². The summed E-state index contributed by atoms with van der Waals surface area (Å²) in [5.74, 6) is 0. The van der Waals surface area contributed by atoms with E-state index < -0.39 is 0 Å². The summed E-state index contributed by atoms with van der Waals surface area (Å²) in [4.78, 5) is 4.84. The average Bonchev–Trinajstić information content (AvgIpc) is 2.25. The van der Waals surface area contributed by atoms with Crippen LogP contribution in [0.3, 0.4) is 0 Å². The van der Waals surface area contributed by atoms with Crippen molar-refractivity contribution in [2.24, 2.45) is 0 Å². The molecule has 0 saturated carbocycles. The molecule has 0 aromatic rings. The molecule has 0 amide bonds. The van der Waals surface area contributed by atoms with Crippen LogP contribution < -0.4 is 5.32 Å². The first-order valence-corrected chi connectivity index (χ1v) is 6.29. The number of piperidine rings is 1. The summed E-state index contributed by atoms with van der Waals surface area (Å²) in [7, 11) is 4.24. The Morgan fingerprint density at radius 1 is 1.20 bits per heavy atom. The van der Waals surface area contributed by atoms with Gasteiger partial charge in [-0.05, 0) is 47.0 Å². The highest BCUT2D eigenvalue weighted by Crippen LogP contribution is 2.11. The van der Waals surface area contributed by atoms with Crippen molar-refractivity contribution in [1.82, 2.24) is 15.1 Å². The van der Waals surface area contributed by atoms with Crippen LogP contribution in [0.25, 0.3) is 0 Å². The third kappa shape index (κ3) is 5.50. The first-order chi connectivity index (χ1) is 7.20. The smallest absolute Gasteiger partial charge is 0.0192 e. The molecule has 3 nitrogen and oxygen atoms in total. The number of rotatable bonds is 6. The van der Waals surface area contributed by atoms with Crippen LogP contribution in [0.15, 0.2) is 0 Å². The normalized spacial score (nSPS) is 20.8. The molecule has 0 radical (unpaired) electrons. The number of hydrogen-bond acceptors (Lipinski definition) is 3. The Morgan fingerprint density at radius 3 is 2.47 bits per heavy atom. The topological polar surface area (TPSA) is 18.5 Å². The average molecular weight is 213 g/mol. The molecule has 0 aromatic carbocycles. The van der Waals surface area contributed by atoms with Crippen molar-refractivity contribution < 1.29 is 0 Å². The summed E-state index contributed by atoms with van der Waals surface area (Å²) >= 11 is 0. The van der Waals surface area contributed by atoms with Gasteiger partial charge in [-0.25, -0.2) is 0 Å². The maximum Gasteiger partial charge on any atom is 0.0192 e. The van der Waals surface area contributed by atoms with E-state index in [0.29, 0.717) is 6.04 Å². The summed E-state index contributed by atoms with van der Waals surface area (Å²) in [5, 5.41) is 3.53. The van der Waals surface area contributed by atoms with Crippen molar-refractivity contribution in [2.75, 3.05) is 46.8 Å². The van der Waals surface area contributed by atoms with E-state index in [4.69, 9.17) is 0 Å². The molecule has 1 saturated heterocycles. The fourth-order valence-corrected chi connectivity index (χ4v) is 2.10. The van der Waals surface area contributed by atoms with Crippen molar-refractivity contribution in [3.05, 3.63) is 0 Å². The number of likely N-dealkylation sites (tertiary alicyclic amines) is 1. The first kappa shape index (κ1) is 12.9. The quantitative estimate of drug-likeness (QED) is 0.664. The lowest BCUT2D eigenvalue weighted by atomic mass is 10.1. The molecule has 1 unspecified atom stereocenters. The van der Waals surface area contributed by atoms with E-state index in [-0.39, 0.29) is 0 Å². The Balaban J connectivity index is 2.04. The van der Waals surface area contributed by atoms with Gasteiger partial charge in [-0.3, -0.25) is 4.90 Å². The highest BCUT2D eigenvalue weighted by atomic mass is 15.2. The Labute approximate surface area is 94.8 Å². The van der Waals surface area contributed by atoms with E-state index in [0.717, 1.165) is 19.6 Å². The molecule has 90 valence electrons. The minimum Gasteiger partial charge on any atom is -0.314 e. The molecule has 0 bridgehead atoms. The molecule has 15 heavy (non-hydrogen) atoms. The van der Waals surface area contributed by atoms with Gasteiger partial charge in [0.2, 0.25) is 0 Å². The maximum absolute atomic E-state index is 3.53. The van der Waals surface area contributed by atoms with Crippen molar-refractivity contribution in [2.45, 2.75) is 32.2 Å². The van der Waals surface area contributed by atoms with Gasteiger partial charge < -0.3 is 10.2 Å². The van der Waals surface area contributed by atoms with Crippen molar-refractivity contribution in [3.8, 4) is 0 Å². The molecule has 1 N–H and O–H groups in total. The molecule has 1 rings (SSSR count). The predicted octanol–water partition coefficient (Wildman–Crippen LogP) is 1.01. The minimum atomic E-state index is 0.701. The molecule has 1 aliphatic heterocycles. The van der Waals surface area contributed by atoms with E-state index in [1.165, 1.54) is 32.4 Å². The standard InChI is InChI=1S/C12H27N3/c1-12(11-13-7-10-14(2)3)15-8-5-4-6-9-15/h12-13H,4-11H2,1-3H3. The molecule has 1 heterocycles. The Hall–Kier alpha value is -0.120. The maximum atomic E-state index is 3.53. The molecule has 0 spiro atoms. The lowest BCUT2D eigenvalue weighted by Gasteiger charge is -2.32. The third-order valence-corrected chi connectivity index (χ3v) is 3.19. The Morgan fingerprint density at radius 2 is 1.87 bits per heavy atom. The van der Waals surface area contributed by atoms with Gasteiger partial charge in [0.05, 0.1) is 0 Å². The van der Waals surface area contributed by atoms with Crippen LogP contribution in [-0.4, -0.2) is 62.7 Å². The van der Waals surface area contributed by atoms with Crippen LogP contribution >= 0.6 is 0 Å². The highest BCUT2D eigenvalue weighted by molar-refractivity contribution is 4.73. The number of hydrogen-bond donors (Lipinski definition) is 1. The Bertz CT molecular complexity index is 153. The monoisotopic (exact) mass is 213 g/mol. The third-order valence-electron chi connectivity index (χ3n) is 3.19. The van der Waals surface area contributed by atoms with Gasteiger partial charge in [-0.1, -0.05) is 6.42 Å². The number of likely N-dealkylation sites (N-methyl/N-ethyl adjacent to an activating group) is 1. The first-order valence-electron chi connectivity index (χ1n) is 6.29. The van der Waals surface area contributed by atoms with Gasteiger partial charge in [-0.15, -0.1) is 0 Å². The molecular weight excluding hydrogens is 186 g/mol. The molecule has 1 aliphatic rings. The lowest BCUT2D eigenvalue weighted by molar-refractivity contribution is 0.170. The second-order valence-corrected chi connectivity index (χ2v) is 4.95. The van der Waals surface area contributed by atoms with Crippen LogP contribution in [0, 0.1) is 0 Å². The van der Waals surface area contributed by atoms with E-state index in [1.807, 2.05) is 0 Å². The summed E-state index contributed by atoms with van der Waals surface area (Å²) < 4.78 is 0. The van der Waals surface area contributed by atoms with E-state index >= 15 is 0 Å². The second-order valence-electron chi connectivity index (χ2n) is 4.95. The van der Waals surface area contributed by atoms with Gasteiger partial charge in [-0.2, -0.15) is 0 Å². The fraction of sp³-hybridized carbons (Fsp3) is 1.00. The minimum absolute atomic E-state index is 0.701. The van der Waals surface area contributed by atoms with E-state index in [1.54, 1.807) is 0 Å². The largest absolute Gasteiger partial charge is 0.314 e. The fourth-order valence-electron chi connectivity index (χ4n) is 2.10. The van der Waals surface area contributed by atoms with Crippen LogP contribution in [0.2, 0.25) is 0 Å². The summed E-state index contributed by atoms with van der Waals surface area (Å²) in [6, 6.07) is 0.701. The number of nitrogens with zero attached hydrogens (tertiary/aromatic N) is 2. The van der Waals surface area contributed by atoms with Gasteiger partial charge >= 0.3 is 0 Å². The van der Waals surface area contributed by atoms with Crippen molar-refractivity contribution in [1.29, 1.82) is 0 Å². The summed E-state index contributed by atoms with van der Waals surface area (Å²) in [6.45, 7) is 8.31. The summed E-state index contributed by atoms with van der Waals surface area (Å²) in [6.07, 6.45) is 4.21.